The molecule has 0 saturated heterocycles. The summed E-state index contributed by atoms with van der Waals surface area (Å²) in [5.41, 5.74) is 2.23. The van der Waals surface area contributed by atoms with Gasteiger partial charge in [0.1, 0.15) is 19.0 Å². The van der Waals surface area contributed by atoms with Crippen LogP contribution < -0.4 is 5.32 Å². The molecule has 196 valence electrons. The van der Waals surface area contributed by atoms with Gasteiger partial charge in [-0.3, -0.25) is 9.09 Å². The summed E-state index contributed by atoms with van der Waals surface area (Å²) in [7, 11) is -4.59. The van der Waals surface area contributed by atoms with Gasteiger partial charge in [0.25, 0.3) is 0 Å². The molecular weight excluding hydrogens is 493 g/mol. The molecule has 3 atom stereocenters. The first-order valence-corrected chi connectivity index (χ1v) is 13.6. The maximum Gasteiger partial charge on any atom is 0.408 e. The molecular formula is C28H32NO7P. The highest BCUT2D eigenvalue weighted by atomic mass is 31.2. The van der Waals surface area contributed by atoms with Gasteiger partial charge in [0.2, 0.25) is 0 Å². The summed E-state index contributed by atoms with van der Waals surface area (Å²) in [6.45, 7) is 3.35. The van der Waals surface area contributed by atoms with Crippen LogP contribution in [0.15, 0.2) is 91.0 Å². The zero-order valence-corrected chi connectivity index (χ0v) is 21.8. The van der Waals surface area contributed by atoms with Crippen LogP contribution in [0.25, 0.3) is 0 Å². The van der Waals surface area contributed by atoms with E-state index < -0.39 is 37.5 Å². The average Bonchev–Trinajstić information content (AvgIpc) is 2.90. The van der Waals surface area contributed by atoms with Gasteiger partial charge in [-0.1, -0.05) is 105 Å². The van der Waals surface area contributed by atoms with Gasteiger partial charge in [-0.2, -0.15) is 0 Å². The van der Waals surface area contributed by atoms with Gasteiger partial charge in [0.05, 0.1) is 0 Å². The Labute approximate surface area is 217 Å². The molecule has 37 heavy (non-hydrogen) atoms. The van der Waals surface area contributed by atoms with Crippen LogP contribution in [-0.4, -0.2) is 28.8 Å². The van der Waals surface area contributed by atoms with Crippen LogP contribution >= 0.6 is 7.60 Å². The Hall–Kier alpha value is -3.45. The van der Waals surface area contributed by atoms with Crippen molar-refractivity contribution >= 4 is 19.7 Å². The van der Waals surface area contributed by atoms with Crippen LogP contribution in [0.3, 0.4) is 0 Å². The zero-order valence-electron chi connectivity index (χ0n) is 20.9. The first kappa shape index (κ1) is 28.1. The summed E-state index contributed by atoms with van der Waals surface area (Å²) >= 11 is 0. The number of hydrogen-bond acceptors (Lipinski definition) is 6. The van der Waals surface area contributed by atoms with E-state index in [2.05, 4.69) is 5.32 Å². The predicted molar refractivity (Wildman–Crippen MR) is 139 cm³/mol. The smallest absolute Gasteiger partial charge is 0.408 e. The van der Waals surface area contributed by atoms with Crippen molar-refractivity contribution in [3.05, 3.63) is 108 Å². The van der Waals surface area contributed by atoms with Gasteiger partial charge in [-0.15, -0.1) is 0 Å². The Kier molecular flexibility index (Phi) is 10.4. The molecule has 8 nitrogen and oxygen atoms in total. The third-order valence-electron chi connectivity index (χ3n) is 5.49. The second kappa shape index (κ2) is 13.7. The maximum absolute atomic E-state index is 13.5. The fourth-order valence-electron chi connectivity index (χ4n) is 3.47. The molecule has 0 aliphatic rings. The van der Waals surface area contributed by atoms with E-state index in [0.717, 1.165) is 11.1 Å². The molecule has 2 unspecified atom stereocenters. The van der Waals surface area contributed by atoms with Crippen molar-refractivity contribution in [3.63, 3.8) is 0 Å². The van der Waals surface area contributed by atoms with E-state index in [1.165, 1.54) is 0 Å². The SMILES string of the molecule is CC(C)[C@H](OP(=O)(O)C(Cc1ccccc1)NC(=O)OCc1ccccc1)C(=O)OCc1ccccc1. The molecule has 0 aliphatic carbocycles. The highest BCUT2D eigenvalue weighted by molar-refractivity contribution is 7.53. The van der Waals surface area contributed by atoms with E-state index in [9.17, 15) is 19.0 Å². The molecule has 0 fully saturated rings. The van der Waals surface area contributed by atoms with E-state index in [1.807, 2.05) is 42.5 Å². The van der Waals surface area contributed by atoms with Crippen LogP contribution in [-0.2, 0) is 43.0 Å². The van der Waals surface area contributed by atoms with Gasteiger partial charge in [-0.25, -0.2) is 9.59 Å². The largest absolute Gasteiger partial charge is 0.459 e. The summed E-state index contributed by atoms with van der Waals surface area (Å²) in [5.74, 6) is -2.59. The van der Waals surface area contributed by atoms with Gasteiger partial charge < -0.3 is 19.7 Å². The number of esters is 1. The lowest BCUT2D eigenvalue weighted by Crippen LogP contribution is -2.39. The van der Waals surface area contributed by atoms with Gasteiger partial charge in [-0.05, 0) is 22.6 Å². The van der Waals surface area contributed by atoms with Crippen molar-refractivity contribution in [2.24, 2.45) is 5.92 Å². The molecule has 1 amide bonds. The first-order chi connectivity index (χ1) is 17.7. The fourth-order valence-corrected chi connectivity index (χ4v) is 4.98. The Morgan fingerprint density at radius 2 is 1.24 bits per heavy atom. The molecule has 0 aliphatic heterocycles. The van der Waals surface area contributed by atoms with Gasteiger partial charge >= 0.3 is 19.7 Å². The summed E-state index contributed by atoms with van der Waals surface area (Å²) in [5, 5.41) is 2.47. The predicted octanol–water partition coefficient (Wildman–Crippen LogP) is 5.45. The molecule has 0 heterocycles. The quantitative estimate of drug-likeness (QED) is 0.239. The van der Waals surface area contributed by atoms with E-state index in [-0.39, 0.29) is 19.6 Å². The van der Waals surface area contributed by atoms with E-state index in [1.54, 1.807) is 62.4 Å². The second-order valence-electron chi connectivity index (χ2n) is 8.84. The van der Waals surface area contributed by atoms with E-state index >= 15 is 0 Å². The molecule has 0 aromatic heterocycles. The Balaban J connectivity index is 1.71. The van der Waals surface area contributed by atoms with Crippen molar-refractivity contribution in [1.82, 2.24) is 5.32 Å². The molecule has 0 radical (unpaired) electrons. The molecule has 3 aromatic carbocycles. The minimum atomic E-state index is -4.59. The summed E-state index contributed by atoms with van der Waals surface area (Å²) in [6, 6.07) is 27.0. The van der Waals surface area contributed by atoms with Crippen LogP contribution in [0.2, 0.25) is 0 Å². The zero-order chi connectivity index (χ0) is 26.7. The number of benzene rings is 3. The lowest BCUT2D eigenvalue weighted by molar-refractivity contribution is -0.155. The Bertz CT molecular complexity index is 1170. The molecule has 0 bridgehead atoms. The highest BCUT2D eigenvalue weighted by Gasteiger charge is 2.40. The Morgan fingerprint density at radius 1 is 0.784 bits per heavy atom. The molecule has 0 saturated carbocycles. The van der Waals surface area contributed by atoms with Crippen LogP contribution in [0.4, 0.5) is 4.79 Å². The molecule has 9 heteroatoms. The second-order valence-corrected chi connectivity index (χ2v) is 10.8. The van der Waals surface area contributed by atoms with Crippen molar-refractivity contribution in [1.29, 1.82) is 0 Å². The van der Waals surface area contributed by atoms with E-state index in [4.69, 9.17) is 14.0 Å². The molecule has 0 spiro atoms. The van der Waals surface area contributed by atoms with Crippen LogP contribution in [0, 0.1) is 5.92 Å². The van der Waals surface area contributed by atoms with Gasteiger partial charge in [0.15, 0.2) is 6.10 Å². The molecule has 2 N–H and O–H groups in total. The minimum absolute atomic E-state index is 0.000507. The number of alkyl carbamates (subject to hydrolysis) is 1. The lowest BCUT2D eigenvalue weighted by Gasteiger charge is -2.28. The topological polar surface area (TPSA) is 111 Å². The summed E-state index contributed by atoms with van der Waals surface area (Å²) in [6.07, 6.45) is -2.21. The molecule has 3 aromatic rings. The average molecular weight is 526 g/mol. The maximum atomic E-state index is 13.5. The van der Waals surface area contributed by atoms with Crippen molar-refractivity contribution in [3.8, 4) is 0 Å². The number of rotatable bonds is 12. The standard InChI is InChI=1S/C28H32NO7P/c1-21(2)26(27(30)34-19-23-14-8-4-9-15-23)36-37(32,33)25(18-22-12-6-3-7-13-22)29-28(31)35-20-24-16-10-5-11-17-24/h3-17,21,25-26H,18-20H2,1-2H3,(H,29,31)(H,32,33)/t25?,26-/m0/s1. The van der Waals surface area contributed by atoms with E-state index in [0.29, 0.717) is 5.56 Å². The van der Waals surface area contributed by atoms with Crippen LogP contribution in [0.5, 0.6) is 0 Å². The number of hydrogen-bond donors (Lipinski definition) is 2. The molecule has 3 rings (SSSR count). The van der Waals surface area contributed by atoms with Crippen molar-refractivity contribution < 1.29 is 33.0 Å². The number of carbonyl (C=O) groups is 2. The van der Waals surface area contributed by atoms with Crippen LogP contribution in [0.1, 0.15) is 30.5 Å². The number of amides is 1. The number of nitrogens with one attached hydrogen (secondary N) is 1. The van der Waals surface area contributed by atoms with Crippen molar-refractivity contribution in [2.75, 3.05) is 0 Å². The summed E-state index contributed by atoms with van der Waals surface area (Å²) in [4.78, 5) is 36.3. The third-order valence-corrected chi connectivity index (χ3v) is 7.12. The normalized spacial score (nSPS) is 14.3. The Morgan fingerprint density at radius 3 is 1.73 bits per heavy atom. The first-order valence-electron chi connectivity index (χ1n) is 12.0. The third kappa shape index (κ3) is 9.17. The fraction of sp³-hybridized carbons (Fsp3) is 0.286. The highest BCUT2D eigenvalue weighted by Crippen LogP contribution is 2.49. The number of carbonyl (C=O) groups excluding carboxylic acids is 2. The lowest BCUT2D eigenvalue weighted by atomic mass is 10.1. The van der Waals surface area contributed by atoms with Gasteiger partial charge in [0, 0.05) is 6.42 Å². The summed E-state index contributed by atoms with van der Waals surface area (Å²) < 4.78 is 29.6. The van der Waals surface area contributed by atoms with Crippen molar-refractivity contribution in [2.45, 2.75) is 45.4 Å². The number of ether oxygens (including phenoxy) is 2. The monoisotopic (exact) mass is 525 g/mol. The minimum Gasteiger partial charge on any atom is -0.459 e.